The Bertz CT molecular complexity index is 503. The summed E-state index contributed by atoms with van der Waals surface area (Å²) in [6.45, 7) is 1.83. The van der Waals surface area contributed by atoms with Crippen LogP contribution in [0.15, 0.2) is 34.3 Å². The van der Waals surface area contributed by atoms with Crippen LogP contribution in [0.25, 0.3) is 0 Å². The molecule has 2 aromatic rings. The fourth-order valence-corrected chi connectivity index (χ4v) is 2.69. The third-order valence-electron chi connectivity index (χ3n) is 2.58. The Balaban J connectivity index is 0.00000200. The molecule has 1 aromatic heterocycles. The number of hydrogen-bond donors (Lipinski definition) is 1. The van der Waals surface area contributed by atoms with Crippen molar-refractivity contribution in [2.24, 2.45) is 7.05 Å². The van der Waals surface area contributed by atoms with Crippen molar-refractivity contribution in [3.8, 4) is 0 Å². The average Bonchev–Trinajstić information content (AvgIpc) is 2.85. The second kappa shape index (κ2) is 9.23. The van der Waals surface area contributed by atoms with Crippen LogP contribution in [-0.2, 0) is 13.6 Å². The van der Waals surface area contributed by atoms with Gasteiger partial charge in [-0.2, -0.15) is 0 Å². The summed E-state index contributed by atoms with van der Waals surface area (Å²) < 4.78 is 1.69. The maximum Gasteiger partial charge on any atom is 0.209 e. The minimum atomic E-state index is 0. The number of halogens is 1. The molecule has 20 heavy (non-hydrogen) atoms. The Morgan fingerprint density at radius 2 is 2.00 bits per heavy atom. The Labute approximate surface area is 133 Å². The molecule has 0 saturated heterocycles. The van der Waals surface area contributed by atoms with E-state index in [0.717, 1.165) is 24.0 Å². The van der Waals surface area contributed by atoms with Gasteiger partial charge < -0.3 is 5.32 Å². The third kappa shape index (κ3) is 5.32. The predicted molar refractivity (Wildman–Crippen MR) is 86.7 cm³/mol. The normalized spacial score (nSPS) is 10.3. The lowest BCUT2D eigenvalue weighted by molar-refractivity contribution is 0.663. The van der Waals surface area contributed by atoms with Crippen molar-refractivity contribution in [3.05, 3.63) is 29.8 Å². The maximum absolute atomic E-state index is 3.93. The second-order valence-electron chi connectivity index (χ2n) is 3.96. The van der Waals surface area contributed by atoms with Crippen molar-refractivity contribution in [2.45, 2.75) is 16.6 Å². The monoisotopic (exact) mass is 331 g/mol. The van der Waals surface area contributed by atoms with Crippen LogP contribution in [0, 0.1) is 0 Å². The van der Waals surface area contributed by atoms with Gasteiger partial charge in [0.2, 0.25) is 5.16 Å². The van der Waals surface area contributed by atoms with Gasteiger partial charge in [0, 0.05) is 30.8 Å². The van der Waals surface area contributed by atoms with E-state index in [9.17, 15) is 0 Å². The van der Waals surface area contributed by atoms with Crippen LogP contribution in [0.4, 0.5) is 0 Å². The Morgan fingerprint density at radius 1 is 1.25 bits per heavy atom. The minimum absolute atomic E-state index is 0. The number of nitrogens with one attached hydrogen (secondary N) is 1. The highest BCUT2D eigenvalue weighted by atomic mass is 35.5. The SMILES string of the molecule is CSc1ccc(CNCCSc2nnnn2C)cc1.Cl. The summed E-state index contributed by atoms with van der Waals surface area (Å²) in [6, 6.07) is 8.64. The summed E-state index contributed by atoms with van der Waals surface area (Å²) in [7, 11) is 1.85. The zero-order valence-corrected chi connectivity index (χ0v) is 13.9. The first-order chi connectivity index (χ1) is 9.29. The molecule has 1 aromatic carbocycles. The first-order valence-electron chi connectivity index (χ1n) is 5.98. The molecule has 1 heterocycles. The van der Waals surface area contributed by atoms with Crippen LogP contribution >= 0.6 is 35.9 Å². The number of hydrogen-bond acceptors (Lipinski definition) is 6. The highest BCUT2D eigenvalue weighted by molar-refractivity contribution is 7.99. The molecule has 0 spiro atoms. The van der Waals surface area contributed by atoms with Crippen molar-refractivity contribution in [2.75, 3.05) is 18.6 Å². The molecule has 0 aliphatic carbocycles. The van der Waals surface area contributed by atoms with Crippen LogP contribution in [0.2, 0.25) is 0 Å². The quantitative estimate of drug-likeness (QED) is 0.620. The molecule has 110 valence electrons. The number of nitrogens with zero attached hydrogens (tertiary/aromatic N) is 4. The van der Waals surface area contributed by atoms with Gasteiger partial charge in [-0.1, -0.05) is 23.9 Å². The smallest absolute Gasteiger partial charge is 0.209 e. The molecule has 5 nitrogen and oxygen atoms in total. The standard InChI is InChI=1S/C12H17N5S2.ClH/c1-17-12(14-15-16-17)19-8-7-13-9-10-3-5-11(18-2)6-4-10;/h3-6,13H,7-9H2,1-2H3;1H. The zero-order chi connectivity index (χ0) is 13.5. The molecular formula is C12H18ClN5S2. The predicted octanol–water partition coefficient (Wildman–Crippen LogP) is 2.24. The summed E-state index contributed by atoms with van der Waals surface area (Å²) in [5.41, 5.74) is 1.31. The van der Waals surface area contributed by atoms with Gasteiger partial charge >= 0.3 is 0 Å². The van der Waals surface area contributed by atoms with E-state index in [0.29, 0.717) is 0 Å². The third-order valence-corrected chi connectivity index (χ3v) is 4.34. The lowest BCUT2D eigenvalue weighted by Gasteiger charge is -2.05. The van der Waals surface area contributed by atoms with E-state index in [-0.39, 0.29) is 12.4 Å². The van der Waals surface area contributed by atoms with Crippen molar-refractivity contribution in [1.82, 2.24) is 25.5 Å². The number of tetrazole rings is 1. The van der Waals surface area contributed by atoms with Gasteiger partial charge in [-0.3, -0.25) is 0 Å². The molecule has 1 N–H and O–H groups in total. The average molecular weight is 332 g/mol. The van der Waals surface area contributed by atoms with E-state index in [1.54, 1.807) is 28.2 Å². The lowest BCUT2D eigenvalue weighted by atomic mass is 10.2. The summed E-state index contributed by atoms with van der Waals surface area (Å²) in [5.74, 6) is 0.955. The Kier molecular flexibility index (Phi) is 7.98. The first kappa shape index (κ1) is 17.3. The van der Waals surface area contributed by atoms with Crippen molar-refractivity contribution < 1.29 is 0 Å². The van der Waals surface area contributed by atoms with Crippen molar-refractivity contribution >= 4 is 35.9 Å². The molecule has 8 heteroatoms. The molecule has 0 unspecified atom stereocenters. The van der Waals surface area contributed by atoms with Gasteiger partial charge in [0.1, 0.15) is 0 Å². The van der Waals surface area contributed by atoms with Crippen molar-refractivity contribution in [1.29, 1.82) is 0 Å². The maximum atomic E-state index is 3.93. The fourth-order valence-electron chi connectivity index (χ4n) is 1.53. The molecule has 0 fully saturated rings. The highest BCUT2D eigenvalue weighted by Crippen LogP contribution is 2.15. The molecule has 0 aliphatic heterocycles. The second-order valence-corrected chi connectivity index (χ2v) is 5.90. The summed E-state index contributed by atoms with van der Waals surface area (Å²) in [6.07, 6.45) is 2.09. The zero-order valence-electron chi connectivity index (χ0n) is 11.4. The molecular weight excluding hydrogens is 314 g/mol. The first-order valence-corrected chi connectivity index (χ1v) is 8.19. The largest absolute Gasteiger partial charge is 0.312 e. The molecule has 0 amide bonds. The lowest BCUT2D eigenvalue weighted by Crippen LogP contribution is -2.16. The molecule has 2 rings (SSSR count). The molecule has 0 aliphatic rings. The fraction of sp³-hybridized carbons (Fsp3) is 0.417. The summed E-state index contributed by atoms with van der Waals surface area (Å²) >= 11 is 3.42. The highest BCUT2D eigenvalue weighted by Gasteiger charge is 2.01. The van der Waals surface area contributed by atoms with E-state index in [1.807, 2.05) is 7.05 Å². The summed E-state index contributed by atoms with van der Waals surface area (Å²) in [4.78, 5) is 1.30. The van der Waals surface area contributed by atoms with Crippen LogP contribution in [0.3, 0.4) is 0 Å². The van der Waals surface area contributed by atoms with Gasteiger partial charge in [0.25, 0.3) is 0 Å². The molecule has 0 radical (unpaired) electrons. The van der Waals surface area contributed by atoms with E-state index in [4.69, 9.17) is 0 Å². The number of aromatic nitrogens is 4. The van der Waals surface area contributed by atoms with Crippen molar-refractivity contribution in [3.63, 3.8) is 0 Å². The van der Waals surface area contributed by atoms with Crippen LogP contribution in [0.5, 0.6) is 0 Å². The number of aryl methyl sites for hydroxylation is 1. The van der Waals surface area contributed by atoms with Gasteiger partial charge in [-0.15, -0.1) is 29.3 Å². The van der Waals surface area contributed by atoms with E-state index in [1.165, 1.54) is 10.5 Å². The Hall–Kier alpha value is -0.760. The van der Waals surface area contributed by atoms with Gasteiger partial charge in [0.15, 0.2) is 0 Å². The van der Waals surface area contributed by atoms with E-state index < -0.39 is 0 Å². The van der Waals surface area contributed by atoms with Crippen LogP contribution < -0.4 is 5.32 Å². The number of benzene rings is 1. The summed E-state index contributed by atoms with van der Waals surface area (Å²) in [5, 5.41) is 15.6. The topological polar surface area (TPSA) is 55.6 Å². The van der Waals surface area contributed by atoms with E-state index >= 15 is 0 Å². The number of thioether (sulfide) groups is 2. The molecule has 0 saturated carbocycles. The molecule has 0 bridgehead atoms. The molecule has 0 atom stereocenters. The van der Waals surface area contributed by atoms with E-state index in [2.05, 4.69) is 51.4 Å². The van der Waals surface area contributed by atoms with Gasteiger partial charge in [-0.25, -0.2) is 4.68 Å². The van der Waals surface area contributed by atoms with Gasteiger partial charge in [0.05, 0.1) is 0 Å². The Morgan fingerprint density at radius 3 is 2.60 bits per heavy atom. The van der Waals surface area contributed by atoms with Gasteiger partial charge in [-0.05, 0) is 34.4 Å². The minimum Gasteiger partial charge on any atom is -0.312 e. The van der Waals surface area contributed by atoms with Crippen LogP contribution in [0.1, 0.15) is 5.56 Å². The number of rotatable bonds is 7. The van der Waals surface area contributed by atoms with Crippen LogP contribution in [-0.4, -0.2) is 38.8 Å².